The molecule has 1 fully saturated rings. The topological polar surface area (TPSA) is 77.8 Å². The van der Waals surface area contributed by atoms with Crippen molar-refractivity contribution in [2.45, 2.75) is 19.9 Å². The van der Waals surface area contributed by atoms with Crippen LogP contribution in [0.5, 0.6) is 5.75 Å². The zero-order valence-corrected chi connectivity index (χ0v) is 17.3. The molecule has 1 aliphatic heterocycles. The number of hydrogen-bond acceptors (Lipinski definition) is 4. The van der Waals surface area contributed by atoms with Crippen molar-refractivity contribution >= 4 is 23.1 Å². The van der Waals surface area contributed by atoms with Gasteiger partial charge in [0.2, 0.25) is 0 Å². The van der Waals surface area contributed by atoms with Gasteiger partial charge in [0.1, 0.15) is 23.1 Å². The lowest BCUT2D eigenvalue weighted by Gasteiger charge is -2.26. The SMILES string of the molecule is Cc1ccc(/C(O)=C2\C(=O)C(=O)N(c3ccc(F)cc3F)C2c2ccc(O)cc2)cc1C. The molecule has 1 heterocycles. The zero-order chi connectivity index (χ0) is 23.2. The number of hydrogen-bond donors (Lipinski definition) is 2. The van der Waals surface area contributed by atoms with E-state index in [2.05, 4.69) is 0 Å². The number of ketones is 1. The van der Waals surface area contributed by atoms with E-state index < -0.39 is 35.1 Å². The van der Waals surface area contributed by atoms with Gasteiger partial charge in [-0.25, -0.2) is 8.78 Å². The van der Waals surface area contributed by atoms with Gasteiger partial charge in [-0.3, -0.25) is 14.5 Å². The number of aryl methyl sites for hydroxylation is 2. The van der Waals surface area contributed by atoms with Crippen LogP contribution in [-0.2, 0) is 9.59 Å². The first-order valence-electron chi connectivity index (χ1n) is 9.81. The lowest BCUT2D eigenvalue weighted by atomic mass is 9.94. The monoisotopic (exact) mass is 435 g/mol. The number of carbonyl (C=O) groups excluding carboxylic acids is 2. The molecule has 0 aromatic heterocycles. The average molecular weight is 435 g/mol. The van der Waals surface area contributed by atoms with Gasteiger partial charge in [0.25, 0.3) is 11.7 Å². The molecule has 0 aliphatic carbocycles. The summed E-state index contributed by atoms with van der Waals surface area (Å²) in [5.41, 5.74) is 2.00. The van der Waals surface area contributed by atoms with Crippen LogP contribution in [0.2, 0.25) is 0 Å². The number of rotatable bonds is 3. The summed E-state index contributed by atoms with van der Waals surface area (Å²) >= 11 is 0. The molecule has 1 atom stereocenters. The molecular formula is C25H19F2NO4. The molecule has 7 heteroatoms. The maximum atomic E-state index is 14.6. The Kier molecular flexibility index (Phi) is 5.26. The molecule has 1 aliphatic rings. The summed E-state index contributed by atoms with van der Waals surface area (Å²) in [6.07, 6.45) is 0. The highest BCUT2D eigenvalue weighted by Gasteiger charge is 2.47. The third-order valence-corrected chi connectivity index (χ3v) is 5.60. The van der Waals surface area contributed by atoms with Gasteiger partial charge < -0.3 is 10.2 Å². The summed E-state index contributed by atoms with van der Waals surface area (Å²) in [5, 5.41) is 20.7. The van der Waals surface area contributed by atoms with Crippen LogP contribution >= 0.6 is 0 Å². The number of Topliss-reactive ketones (excluding diaryl/α,β-unsaturated/α-hetero) is 1. The van der Waals surface area contributed by atoms with Crippen LogP contribution in [0.25, 0.3) is 5.76 Å². The van der Waals surface area contributed by atoms with Gasteiger partial charge in [0.15, 0.2) is 0 Å². The Hall–Kier alpha value is -4.00. The molecule has 3 aromatic rings. The van der Waals surface area contributed by atoms with E-state index in [9.17, 15) is 28.6 Å². The van der Waals surface area contributed by atoms with Crippen LogP contribution < -0.4 is 4.90 Å². The van der Waals surface area contributed by atoms with Crippen LogP contribution in [0.15, 0.2) is 66.2 Å². The predicted molar refractivity (Wildman–Crippen MR) is 115 cm³/mol. The number of amides is 1. The number of phenols is 1. The first-order chi connectivity index (χ1) is 15.2. The molecular weight excluding hydrogens is 416 g/mol. The number of halogens is 2. The Morgan fingerprint density at radius 1 is 0.906 bits per heavy atom. The minimum Gasteiger partial charge on any atom is -0.508 e. The Morgan fingerprint density at radius 3 is 2.22 bits per heavy atom. The third kappa shape index (κ3) is 3.51. The second kappa shape index (κ2) is 7.92. The van der Waals surface area contributed by atoms with E-state index in [1.54, 1.807) is 18.2 Å². The fraction of sp³-hybridized carbons (Fsp3) is 0.120. The summed E-state index contributed by atoms with van der Waals surface area (Å²) in [4.78, 5) is 26.9. The van der Waals surface area contributed by atoms with Crippen molar-refractivity contribution in [3.05, 3.63) is 100 Å². The van der Waals surface area contributed by atoms with Gasteiger partial charge >= 0.3 is 0 Å². The second-order valence-electron chi connectivity index (χ2n) is 7.66. The fourth-order valence-corrected chi connectivity index (χ4v) is 3.77. The van der Waals surface area contributed by atoms with E-state index >= 15 is 0 Å². The Labute approximate surface area is 182 Å². The highest BCUT2D eigenvalue weighted by Crippen LogP contribution is 2.43. The van der Waals surface area contributed by atoms with E-state index in [0.717, 1.165) is 28.2 Å². The number of anilines is 1. The molecule has 2 N–H and O–H groups in total. The first kappa shape index (κ1) is 21.2. The van der Waals surface area contributed by atoms with Crippen LogP contribution in [0.4, 0.5) is 14.5 Å². The molecule has 5 nitrogen and oxygen atoms in total. The first-order valence-corrected chi connectivity index (χ1v) is 9.81. The van der Waals surface area contributed by atoms with Crippen LogP contribution in [0.1, 0.15) is 28.3 Å². The van der Waals surface area contributed by atoms with Crippen molar-refractivity contribution in [3.8, 4) is 5.75 Å². The summed E-state index contributed by atoms with van der Waals surface area (Å²) in [6.45, 7) is 3.74. The van der Waals surface area contributed by atoms with Gasteiger partial charge in [0.05, 0.1) is 17.3 Å². The molecule has 1 amide bonds. The molecule has 0 radical (unpaired) electrons. The van der Waals surface area contributed by atoms with Crippen molar-refractivity contribution < 1.29 is 28.6 Å². The van der Waals surface area contributed by atoms with Crippen molar-refractivity contribution in [2.24, 2.45) is 0 Å². The Balaban J connectivity index is 1.97. The predicted octanol–water partition coefficient (Wildman–Crippen LogP) is 4.91. The van der Waals surface area contributed by atoms with Gasteiger partial charge in [-0.15, -0.1) is 0 Å². The quantitative estimate of drug-likeness (QED) is 0.348. The van der Waals surface area contributed by atoms with Gasteiger partial charge in [-0.1, -0.05) is 24.3 Å². The summed E-state index contributed by atoms with van der Waals surface area (Å²) in [5.74, 6) is -4.37. The van der Waals surface area contributed by atoms with Crippen LogP contribution in [-0.4, -0.2) is 21.9 Å². The van der Waals surface area contributed by atoms with E-state index in [0.29, 0.717) is 17.2 Å². The van der Waals surface area contributed by atoms with E-state index in [4.69, 9.17) is 0 Å². The largest absolute Gasteiger partial charge is 0.508 e. The number of aromatic hydroxyl groups is 1. The molecule has 1 saturated heterocycles. The Morgan fingerprint density at radius 2 is 1.59 bits per heavy atom. The lowest BCUT2D eigenvalue weighted by Crippen LogP contribution is -2.30. The van der Waals surface area contributed by atoms with Gasteiger partial charge in [-0.2, -0.15) is 0 Å². The van der Waals surface area contributed by atoms with Crippen molar-refractivity contribution in [1.82, 2.24) is 0 Å². The molecule has 0 spiro atoms. The summed E-state index contributed by atoms with van der Waals surface area (Å²) in [6, 6.07) is 12.2. The van der Waals surface area contributed by atoms with Gasteiger partial charge in [-0.05, 0) is 60.9 Å². The van der Waals surface area contributed by atoms with Crippen molar-refractivity contribution in [2.75, 3.05) is 4.90 Å². The minimum absolute atomic E-state index is 0.0483. The number of nitrogens with zero attached hydrogens (tertiary/aromatic N) is 1. The van der Waals surface area contributed by atoms with Gasteiger partial charge in [0, 0.05) is 11.6 Å². The maximum Gasteiger partial charge on any atom is 0.300 e. The zero-order valence-electron chi connectivity index (χ0n) is 17.3. The smallest absolute Gasteiger partial charge is 0.300 e. The van der Waals surface area contributed by atoms with Crippen LogP contribution in [0.3, 0.4) is 0 Å². The van der Waals surface area contributed by atoms with Crippen LogP contribution in [0, 0.1) is 25.5 Å². The molecule has 162 valence electrons. The molecule has 1 unspecified atom stereocenters. The second-order valence-corrected chi connectivity index (χ2v) is 7.66. The highest BCUT2D eigenvalue weighted by molar-refractivity contribution is 6.51. The van der Waals surface area contributed by atoms with Crippen molar-refractivity contribution in [3.63, 3.8) is 0 Å². The highest BCUT2D eigenvalue weighted by atomic mass is 19.1. The number of benzene rings is 3. The van der Waals surface area contributed by atoms with E-state index in [-0.39, 0.29) is 17.0 Å². The summed E-state index contributed by atoms with van der Waals surface area (Å²) < 4.78 is 28.1. The molecule has 0 saturated carbocycles. The molecule has 32 heavy (non-hydrogen) atoms. The maximum absolute atomic E-state index is 14.6. The van der Waals surface area contributed by atoms with E-state index in [1.165, 1.54) is 24.3 Å². The number of phenolic OH excluding ortho intramolecular Hbond substituents is 1. The third-order valence-electron chi connectivity index (χ3n) is 5.60. The number of aliphatic hydroxyl groups excluding tert-OH is 1. The number of carbonyl (C=O) groups is 2. The van der Waals surface area contributed by atoms with E-state index in [1.807, 2.05) is 13.8 Å². The average Bonchev–Trinajstić information content (AvgIpc) is 3.01. The minimum atomic E-state index is -1.18. The summed E-state index contributed by atoms with van der Waals surface area (Å²) in [7, 11) is 0. The lowest BCUT2D eigenvalue weighted by molar-refractivity contribution is -0.132. The molecule has 3 aromatic carbocycles. The normalized spacial score (nSPS) is 17.8. The molecule has 0 bridgehead atoms. The standard InChI is InChI=1S/C25H19F2NO4/c1-13-3-4-16(11-14(13)2)23(30)21-22(15-5-8-18(29)9-6-15)28(25(32)24(21)31)20-10-7-17(26)12-19(20)27/h3-12,22,29-30H,1-2H3/b23-21+. The fourth-order valence-electron chi connectivity index (χ4n) is 3.77. The number of aliphatic hydroxyl groups is 1. The molecule has 4 rings (SSSR count). The van der Waals surface area contributed by atoms with Crippen molar-refractivity contribution in [1.29, 1.82) is 0 Å². The Bertz CT molecular complexity index is 1280.